The average Bonchev–Trinajstić information content (AvgIpc) is 2.91. The third-order valence-electron chi connectivity index (χ3n) is 3.56. The Morgan fingerprint density at radius 1 is 1.53 bits per heavy atom. The molecule has 2 N–H and O–H groups in total. The zero-order chi connectivity index (χ0) is 12.8. The van der Waals surface area contributed by atoms with Crippen LogP contribution in [-0.4, -0.2) is 19.0 Å². The maximum absolute atomic E-state index is 12.0. The highest BCUT2D eigenvalue weighted by atomic mass is 35.5. The molecule has 0 aliphatic carbocycles. The molecular weight excluding hydrogens is 280 g/mol. The smallest absolute Gasteiger partial charge is 0.220 e. The van der Waals surface area contributed by atoms with Gasteiger partial charge in [-0.2, -0.15) is 0 Å². The second-order valence-corrected chi connectivity index (χ2v) is 5.92. The minimum Gasteiger partial charge on any atom is -0.348 e. The largest absolute Gasteiger partial charge is 0.348 e. The van der Waals surface area contributed by atoms with Crippen molar-refractivity contribution >= 4 is 29.7 Å². The summed E-state index contributed by atoms with van der Waals surface area (Å²) in [5, 5.41) is 8.57. The minimum absolute atomic E-state index is 0. The van der Waals surface area contributed by atoms with Gasteiger partial charge in [-0.15, -0.1) is 23.7 Å². The van der Waals surface area contributed by atoms with Crippen molar-refractivity contribution in [1.29, 1.82) is 0 Å². The molecule has 0 saturated carbocycles. The van der Waals surface area contributed by atoms with Crippen LogP contribution in [0.2, 0.25) is 0 Å². The Balaban J connectivity index is 0.00000180. The topological polar surface area (TPSA) is 41.1 Å². The zero-order valence-electron chi connectivity index (χ0n) is 11.4. The molecule has 108 valence electrons. The van der Waals surface area contributed by atoms with Crippen molar-refractivity contribution in [2.45, 2.75) is 38.6 Å². The quantitative estimate of drug-likeness (QED) is 0.877. The third kappa shape index (κ3) is 5.13. The molecule has 3 nitrogen and oxygen atoms in total. The molecule has 5 heteroatoms. The van der Waals surface area contributed by atoms with Gasteiger partial charge in [0.15, 0.2) is 0 Å². The molecule has 1 atom stereocenters. The molecule has 0 bridgehead atoms. The first-order valence-corrected chi connectivity index (χ1v) is 7.71. The molecule has 2 heterocycles. The predicted octanol–water partition coefficient (Wildman–Crippen LogP) is 3.13. The van der Waals surface area contributed by atoms with Crippen LogP contribution in [0, 0.1) is 5.92 Å². The second kappa shape index (κ2) is 8.56. The van der Waals surface area contributed by atoms with Gasteiger partial charge in [-0.1, -0.05) is 13.0 Å². The summed E-state index contributed by atoms with van der Waals surface area (Å²) < 4.78 is 0. The van der Waals surface area contributed by atoms with Gasteiger partial charge in [0.05, 0.1) is 6.04 Å². The summed E-state index contributed by atoms with van der Waals surface area (Å²) in [7, 11) is 0. The number of thiophene rings is 1. The summed E-state index contributed by atoms with van der Waals surface area (Å²) in [5.41, 5.74) is 0. The van der Waals surface area contributed by atoms with Crippen molar-refractivity contribution in [3.8, 4) is 0 Å². The number of hydrogen-bond donors (Lipinski definition) is 2. The molecule has 0 spiro atoms. The SMILES string of the molecule is CCC(NC(=O)CC1CCNCC1)c1cccs1.Cl. The second-order valence-electron chi connectivity index (χ2n) is 4.94. The summed E-state index contributed by atoms with van der Waals surface area (Å²) in [6, 6.07) is 4.34. The van der Waals surface area contributed by atoms with Crippen molar-refractivity contribution in [1.82, 2.24) is 10.6 Å². The number of carbonyl (C=O) groups is 1. The van der Waals surface area contributed by atoms with Crippen LogP contribution >= 0.6 is 23.7 Å². The van der Waals surface area contributed by atoms with E-state index in [1.807, 2.05) is 6.07 Å². The number of halogens is 1. The van der Waals surface area contributed by atoms with Crippen molar-refractivity contribution in [2.75, 3.05) is 13.1 Å². The minimum atomic E-state index is 0. The fourth-order valence-electron chi connectivity index (χ4n) is 2.47. The molecule has 1 aliphatic heterocycles. The Bertz CT molecular complexity index is 364. The van der Waals surface area contributed by atoms with Gasteiger partial charge in [0, 0.05) is 11.3 Å². The molecule has 2 rings (SSSR count). The highest BCUT2D eigenvalue weighted by molar-refractivity contribution is 7.10. The molecule has 19 heavy (non-hydrogen) atoms. The van der Waals surface area contributed by atoms with E-state index < -0.39 is 0 Å². The normalized spacial score (nSPS) is 17.5. The molecule has 0 aromatic carbocycles. The van der Waals surface area contributed by atoms with Crippen LogP contribution < -0.4 is 10.6 Å². The highest BCUT2D eigenvalue weighted by Gasteiger charge is 2.19. The van der Waals surface area contributed by atoms with E-state index in [4.69, 9.17) is 0 Å². The molecule has 0 radical (unpaired) electrons. The van der Waals surface area contributed by atoms with E-state index in [-0.39, 0.29) is 24.4 Å². The molecular formula is C14H23ClN2OS. The van der Waals surface area contributed by atoms with Crippen molar-refractivity contribution in [2.24, 2.45) is 5.92 Å². The van der Waals surface area contributed by atoms with Crippen LogP contribution in [0.5, 0.6) is 0 Å². The van der Waals surface area contributed by atoms with Gasteiger partial charge in [-0.25, -0.2) is 0 Å². The molecule has 1 aromatic heterocycles. The van der Waals surface area contributed by atoms with Gasteiger partial charge in [0.2, 0.25) is 5.91 Å². The lowest BCUT2D eigenvalue weighted by molar-refractivity contribution is -0.123. The molecule has 1 saturated heterocycles. The number of rotatable bonds is 5. The number of carbonyl (C=O) groups excluding carboxylic acids is 1. The van der Waals surface area contributed by atoms with E-state index in [0.717, 1.165) is 32.4 Å². The first-order valence-electron chi connectivity index (χ1n) is 6.83. The Morgan fingerprint density at radius 2 is 2.26 bits per heavy atom. The van der Waals surface area contributed by atoms with Gasteiger partial charge in [-0.05, 0) is 49.7 Å². The molecule has 1 amide bonds. The molecule has 1 aliphatic rings. The van der Waals surface area contributed by atoms with Crippen molar-refractivity contribution < 1.29 is 4.79 Å². The van der Waals surface area contributed by atoms with E-state index >= 15 is 0 Å². The standard InChI is InChI=1S/C14H22N2OS.ClH/c1-2-12(13-4-3-9-18-13)16-14(17)10-11-5-7-15-8-6-11;/h3-4,9,11-12,15H,2,5-8,10H2,1H3,(H,16,17);1H. The van der Waals surface area contributed by atoms with Gasteiger partial charge < -0.3 is 10.6 Å². The van der Waals surface area contributed by atoms with E-state index in [9.17, 15) is 4.79 Å². The van der Waals surface area contributed by atoms with E-state index in [0.29, 0.717) is 12.3 Å². The molecule has 1 fully saturated rings. The van der Waals surface area contributed by atoms with Crippen LogP contribution in [0.1, 0.15) is 43.5 Å². The summed E-state index contributed by atoms with van der Waals surface area (Å²) in [6.45, 7) is 4.23. The lowest BCUT2D eigenvalue weighted by Gasteiger charge is -2.23. The monoisotopic (exact) mass is 302 g/mol. The average molecular weight is 303 g/mol. The number of nitrogens with one attached hydrogen (secondary N) is 2. The van der Waals surface area contributed by atoms with Gasteiger partial charge in [0.25, 0.3) is 0 Å². The Morgan fingerprint density at radius 3 is 2.84 bits per heavy atom. The van der Waals surface area contributed by atoms with Gasteiger partial charge in [0.1, 0.15) is 0 Å². The number of amides is 1. The number of piperidine rings is 1. The Kier molecular flexibility index (Phi) is 7.42. The van der Waals surface area contributed by atoms with E-state index in [2.05, 4.69) is 29.0 Å². The van der Waals surface area contributed by atoms with Crippen LogP contribution in [-0.2, 0) is 4.79 Å². The lowest BCUT2D eigenvalue weighted by atomic mass is 9.94. The molecule has 1 aromatic rings. The predicted molar refractivity (Wildman–Crippen MR) is 83.0 cm³/mol. The summed E-state index contributed by atoms with van der Waals surface area (Å²) in [6.07, 6.45) is 3.90. The van der Waals surface area contributed by atoms with Crippen LogP contribution in [0.3, 0.4) is 0 Å². The summed E-state index contributed by atoms with van der Waals surface area (Å²) in [4.78, 5) is 13.3. The van der Waals surface area contributed by atoms with Crippen LogP contribution in [0.4, 0.5) is 0 Å². The highest BCUT2D eigenvalue weighted by Crippen LogP contribution is 2.23. The Hall–Kier alpha value is -0.580. The van der Waals surface area contributed by atoms with Crippen LogP contribution in [0.25, 0.3) is 0 Å². The van der Waals surface area contributed by atoms with E-state index in [1.165, 1.54) is 4.88 Å². The lowest BCUT2D eigenvalue weighted by Crippen LogP contribution is -2.33. The van der Waals surface area contributed by atoms with E-state index in [1.54, 1.807) is 11.3 Å². The number of hydrogen-bond acceptors (Lipinski definition) is 3. The summed E-state index contributed by atoms with van der Waals surface area (Å²) in [5.74, 6) is 0.772. The third-order valence-corrected chi connectivity index (χ3v) is 4.55. The molecule has 1 unspecified atom stereocenters. The zero-order valence-corrected chi connectivity index (χ0v) is 13.0. The first kappa shape index (κ1) is 16.5. The Labute approximate surface area is 125 Å². The van der Waals surface area contributed by atoms with Crippen molar-refractivity contribution in [3.63, 3.8) is 0 Å². The van der Waals surface area contributed by atoms with Crippen molar-refractivity contribution in [3.05, 3.63) is 22.4 Å². The maximum Gasteiger partial charge on any atom is 0.220 e. The van der Waals surface area contributed by atoms with Gasteiger partial charge in [-0.3, -0.25) is 4.79 Å². The maximum atomic E-state index is 12.0. The summed E-state index contributed by atoms with van der Waals surface area (Å²) >= 11 is 1.72. The first-order chi connectivity index (χ1) is 8.79. The fraction of sp³-hybridized carbons (Fsp3) is 0.643. The van der Waals surface area contributed by atoms with Gasteiger partial charge >= 0.3 is 0 Å². The fourth-order valence-corrected chi connectivity index (χ4v) is 3.33. The van der Waals surface area contributed by atoms with Crippen LogP contribution in [0.15, 0.2) is 17.5 Å².